The zero-order chi connectivity index (χ0) is 17.2. The molecule has 23 heavy (non-hydrogen) atoms. The molecule has 0 aliphatic carbocycles. The minimum atomic E-state index is -0.381. The van der Waals surface area contributed by atoms with E-state index in [1.807, 2.05) is 25.1 Å². The van der Waals surface area contributed by atoms with Crippen molar-refractivity contribution in [3.8, 4) is 6.07 Å². The lowest BCUT2D eigenvalue weighted by Crippen LogP contribution is -2.33. The highest BCUT2D eigenvalue weighted by Crippen LogP contribution is 2.16. The summed E-state index contributed by atoms with van der Waals surface area (Å²) >= 11 is 3.28. The van der Waals surface area contributed by atoms with Crippen molar-refractivity contribution in [1.82, 2.24) is 9.80 Å². The molecule has 1 amide bonds. The van der Waals surface area contributed by atoms with E-state index in [-0.39, 0.29) is 18.1 Å². The lowest BCUT2D eigenvalue weighted by atomic mass is 10.2. The van der Waals surface area contributed by atoms with E-state index in [1.165, 1.54) is 18.2 Å². The fourth-order valence-corrected chi connectivity index (χ4v) is 2.38. The van der Waals surface area contributed by atoms with Gasteiger partial charge in [0.25, 0.3) is 0 Å². The Kier molecular flexibility index (Phi) is 8.52. The third-order valence-electron chi connectivity index (χ3n) is 3.20. The maximum Gasteiger partial charge on any atom is 0.246 e. The Morgan fingerprint density at radius 2 is 2.09 bits per heavy atom. The number of rotatable bonds is 8. The van der Waals surface area contributed by atoms with Crippen molar-refractivity contribution < 1.29 is 9.18 Å². The molecular formula is C17H21BrFN3O. The normalized spacial score (nSPS) is 11.0. The summed E-state index contributed by atoms with van der Waals surface area (Å²) in [4.78, 5) is 15.9. The summed E-state index contributed by atoms with van der Waals surface area (Å²) in [6, 6.07) is 6.62. The molecule has 124 valence electrons. The van der Waals surface area contributed by atoms with Crippen LogP contribution in [0.4, 0.5) is 4.39 Å². The molecule has 0 fully saturated rings. The van der Waals surface area contributed by atoms with Crippen molar-refractivity contribution in [2.24, 2.45) is 0 Å². The van der Waals surface area contributed by atoms with E-state index >= 15 is 0 Å². The molecule has 1 rings (SSSR count). The average Bonchev–Trinajstić information content (AvgIpc) is 2.50. The second-order valence-corrected chi connectivity index (χ2v) is 6.31. The smallest absolute Gasteiger partial charge is 0.246 e. The molecule has 4 nitrogen and oxygen atoms in total. The van der Waals surface area contributed by atoms with Gasteiger partial charge in [0.15, 0.2) is 0 Å². The number of hydrogen-bond donors (Lipinski definition) is 0. The maximum absolute atomic E-state index is 13.7. The minimum Gasteiger partial charge on any atom is -0.338 e. The van der Waals surface area contributed by atoms with Crippen LogP contribution in [0, 0.1) is 17.1 Å². The molecule has 6 heteroatoms. The van der Waals surface area contributed by atoms with Crippen molar-refractivity contribution >= 4 is 27.9 Å². The van der Waals surface area contributed by atoms with Crippen molar-refractivity contribution in [1.29, 1.82) is 5.26 Å². The van der Waals surface area contributed by atoms with Gasteiger partial charge in [-0.15, -0.1) is 0 Å². The molecule has 0 aliphatic rings. The summed E-state index contributed by atoms with van der Waals surface area (Å²) in [5.74, 6) is -0.591. The highest BCUT2D eigenvalue weighted by molar-refractivity contribution is 9.10. The Morgan fingerprint density at radius 1 is 1.35 bits per heavy atom. The summed E-state index contributed by atoms with van der Waals surface area (Å²) in [7, 11) is 3.94. The molecule has 0 aliphatic heterocycles. The van der Waals surface area contributed by atoms with Crippen LogP contribution in [0.5, 0.6) is 0 Å². The van der Waals surface area contributed by atoms with E-state index < -0.39 is 0 Å². The molecular weight excluding hydrogens is 361 g/mol. The lowest BCUT2D eigenvalue weighted by molar-refractivity contribution is -0.126. The number of carbonyl (C=O) groups excluding carboxylic acids is 1. The van der Waals surface area contributed by atoms with E-state index in [1.54, 1.807) is 17.0 Å². The van der Waals surface area contributed by atoms with Gasteiger partial charge in [-0.25, -0.2) is 4.39 Å². The molecule has 0 bridgehead atoms. The number of amides is 1. The Balaban J connectivity index is 2.73. The summed E-state index contributed by atoms with van der Waals surface area (Å²) in [6.45, 7) is 1.82. The van der Waals surface area contributed by atoms with Crippen LogP contribution in [-0.4, -0.2) is 49.4 Å². The van der Waals surface area contributed by atoms with Gasteiger partial charge in [-0.1, -0.05) is 15.9 Å². The van der Waals surface area contributed by atoms with Gasteiger partial charge in [-0.2, -0.15) is 5.26 Å². The van der Waals surface area contributed by atoms with Crippen LogP contribution in [0.25, 0.3) is 6.08 Å². The first kappa shape index (κ1) is 19.3. The van der Waals surface area contributed by atoms with E-state index in [4.69, 9.17) is 5.26 Å². The Hall–Kier alpha value is -1.71. The average molecular weight is 382 g/mol. The van der Waals surface area contributed by atoms with Gasteiger partial charge in [-0.3, -0.25) is 4.79 Å². The zero-order valence-corrected chi connectivity index (χ0v) is 15.0. The number of nitrogens with zero attached hydrogens (tertiary/aromatic N) is 3. The summed E-state index contributed by atoms with van der Waals surface area (Å²) < 4.78 is 14.4. The highest BCUT2D eigenvalue weighted by atomic mass is 79.9. The van der Waals surface area contributed by atoms with Gasteiger partial charge in [0.05, 0.1) is 12.5 Å². The first-order valence-electron chi connectivity index (χ1n) is 7.37. The molecule has 1 aromatic rings. The molecule has 0 unspecified atom stereocenters. The van der Waals surface area contributed by atoms with Crippen LogP contribution in [0.1, 0.15) is 18.4 Å². The number of halogens is 2. The second kappa shape index (κ2) is 10.1. The molecule has 0 saturated carbocycles. The van der Waals surface area contributed by atoms with Gasteiger partial charge < -0.3 is 9.80 Å². The Labute approximate surface area is 145 Å². The fraction of sp³-hybridized carbons (Fsp3) is 0.412. The van der Waals surface area contributed by atoms with Gasteiger partial charge >= 0.3 is 0 Å². The van der Waals surface area contributed by atoms with Crippen molar-refractivity contribution in [3.63, 3.8) is 0 Å². The molecule has 0 saturated heterocycles. The topological polar surface area (TPSA) is 47.3 Å². The lowest BCUT2D eigenvalue weighted by Gasteiger charge is -2.21. The first-order valence-corrected chi connectivity index (χ1v) is 8.17. The van der Waals surface area contributed by atoms with Crippen LogP contribution in [0.15, 0.2) is 28.7 Å². The largest absolute Gasteiger partial charge is 0.338 e. The molecule has 0 N–H and O–H groups in total. The number of hydrogen-bond acceptors (Lipinski definition) is 3. The van der Waals surface area contributed by atoms with Crippen molar-refractivity contribution in [3.05, 3.63) is 40.1 Å². The monoisotopic (exact) mass is 381 g/mol. The SMILES string of the molecule is CN(C)CCCN(CCC#N)C(=O)/C=C\c1cc(Br)ccc1F. The van der Waals surface area contributed by atoms with Gasteiger partial charge in [-0.05, 0) is 51.3 Å². The van der Waals surface area contributed by atoms with Crippen LogP contribution in [0.3, 0.4) is 0 Å². The summed E-state index contributed by atoms with van der Waals surface area (Å²) in [6.07, 6.45) is 3.93. The van der Waals surface area contributed by atoms with Gasteiger partial charge in [0.2, 0.25) is 5.91 Å². The Morgan fingerprint density at radius 3 is 2.74 bits per heavy atom. The minimum absolute atomic E-state index is 0.210. The second-order valence-electron chi connectivity index (χ2n) is 5.39. The zero-order valence-electron chi connectivity index (χ0n) is 13.4. The van der Waals surface area contributed by atoms with Crippen LogP contribution in [-0.2, 0) is 4.79 Å². The van der Waals surface area contributed by atoms with Crippen molar-refractivity contribution in [2.45, 2.75) is 12.8 Å². The van der Waals surface area contributed by atoms with E-state index in [9.17, 15) is 9.18 Å². The molecule has 0 heterocycles. The van der Waals surface area contributed by atoms with Gasteiger partial charge in [0.1, 0.15) is 5.82 Å². The number of carbonyl (C=O) groups is 1. The summed E-state index contributed by atoms with van der Waals surface area (Å²) in [5.41, 5.74) is 0.348. The van der Waals surface area contributed by atoms with Gasteiger partial charge in [0, 0.05) is 29.2 Å². The van der Waals surface area contributed by atoms with E-state index in [0.29, 0.717) is 18.7 Å². The van der Waals surface area contributed by atoms with Crippen LogP contribution in [0.2, 0.25) is 0 Å². The predicted molar refractivity (Wildman–Crippen MR) is 93.1 cm³/mol. The van der Waals surface area contributed by atoms with E-state index in [2.05, 4.69) is 15.9 Å². The standard InChI is InChI=1S/C17H21BrFN3O/c1-21(2)10-4-12-22(11-3-9-20)17(23)8-5-14-13-15(18)6-7-16(14)19/h5-8,13H,3-4,10-12H2,1-2H3/b8-5-. The maximum atomic E-state index is 13.7. The van der Waals surface area contributed by atoms with Crippen LogP contribution < -0.4 is 0 Å². The fourth-order valence-electron chi connectivity index (χ4n) is 2.00. The first-order chi connectivity index (χ1) is 10.9. The van der Waals surface area contributed by atoms with E-state index in [0.717, 1.165) is 17.4 Å². The highest BCUT2D eigenvalue weighted by Gasteiger charge is 2.10. The molecule has 1 aromatic carbocycles. The molecule has 0 atom stereocenters. The third kappa shape index (κ3) is 7.40. The molecule has 0 aromatic heterocycles. The summed E-state index contributed by atoms with van der Waals surface area (Å²) in [5, 5.41) is 8.72. The molecule has 0 spiro atoms. The predicted octanol–water partition coefficient (Wildman–Crippen LogP) is 3.30. The third-order valence-corrected chi connectivity index (χ3v) is 3.70. The quantitative estimate of drug-likeness (QED) is 0.649. The molecule has 0 radical (unpaired) electrons. The van der Waals surface area contributed by atoms with Crippen molar-refractivity contribution in [2.75, 3.05) is 33.7 Å². The Bertz CT molecular complexity index is 596. The number of nitriles is 1. The van der Waals surface area contributed by atoms with Crippen LogP contribution >= 0.6 is 15.9 Å². The number of benzene rings is 1.